The number of carboxylic acid groups (broad SMARTS) is 1. The van der Waals surface area contributed by atoms with Crippen LogP contribution in [0.2, 0.25) is 0 Å². The number of carbonyl (C=O) groups is 1. The molecule has 0 saturated carbocycles. The molecular weight excluding hydrogens is 244 g/mol. The number of rotatable bonds is 5. The van der Waals surface area contributed by atoms with Gasteiger partial charge in [0.25, 0.3) is 0 Å². The molecule has 0 aliphatic carbocycles. The van der Waals surface area contributed by atoms with Crippen molar-refractivity contribution < 1.29 is 19.4 Å². The Morgan fingerprint density at radius 3 is 3.05 bits per heavy atom. The van der Waals surface area contributed by atoms with Crippen molar-refractivity contribution in [1.29, 1.82) is 0 Å². The molecule has 1 aromatic carbocycles. The van der Waals surface area contributed by atoms with E-state index in [1.807, 2.05) is 12.1 Å². The van der Waals surface area contributed by atoms with Gasteiger partial charge in [-0.15, -0.1) is 0 Å². The predicted molar refractivity (Wildman–Crippen MR) is 72.6 cm³/mol. The first-order valence-electron chi connectivity index (χ1n) is 6.52. The lowest BCUT2D eigenvalue weighted by molar-refractivity contribution is -0.139. The monoisotopic (exact) mass is 262 g/mol. The molecule has 0 unspecified atom stereocenters. The summed E-state index contributed by atoms with van der Waals surface area (Å²) in [5.74, 6) is 0.181. The molecule has 2 rings (SSSR count). The number of carboxylic acids is 1. The second-order valence-electron chi connectivity index (χ2n) is 4.43. The standard InChI is InChI=1S/C15H18O4/c1-2-5-11-6-4-9-18-15-12(11)7-3-8-13(15)19-10-14(16)17/h3,6-8H,2,4-5,9-10H2,1H3,(H,16,17). The third-order valence-electron chi connectivity index (χ3n) is 2.95. The molecular formula is C15H18O4. The highest BCUT2D eigenvalue weighted by molar-refractivity contribution is 5.74. The molecule has 0 fully saturated rings. The molecule has 1 aliphatic heterocycles. The summed E-state index contributed by atoms with van der Waals surface area (Å²) >= 11 is 0. The lowest BCUT2D eigenvalue weighted by Gasteiger charge is -2.14. The maximum absolute atomic E-state index is 10.6. The van der Waals surface area contributed by atoms with E-state index in [-0.39, 0.29) is 6.61 Å². The first kappa shape index (κ1) is 13.5. The summed E-state index contributed by atoms with van der Waals surface area (Å²) < 4.78 is 11.0. The van der Waals surface area contributed by atoms with Crippen LogP contribution in [0.5, 0.6) is 11.5 Å². The van der Waals surface area contributed by atoms with Crippen LogP contribution in [0.25, 0.3) is 5.57 Å². The first-order valence-corrected chi connectivity index (χ1v) is 6.52. The Morgan fingerprint density at radius 1 is 1.47 bits per heavy atom. The van der Waals surface area contributed by atoms with Crippen molar-refractivity contribution in [1.82, 2.24) is 0 Å². The van der Waals surface area contributed by atoms with E-state index >= 15 is 0 Å². The van der Waals surface area contributed by atoms with Gasteiger partial charge >= 0.3 is 5.97 Å². The van der Waals surface area contributed by atoms with Gasteiger partial charge in [0.1, 0.15) is 0 Å². The Balaban J connectivity index is 2.32. The molecule has 19 heavy (non-hydrogen) atoms. The zero-order valence-electron chi connectivity index (χ0n) is 11.0. The van der Waals surface area contributed by atoms with E-state index in [4.69, 9.17) is 14.6 Å². The van der Waals surface area contributed by atoms with Crippen LogP contribution in [0.4, 0.5) is 0 Å². The van der Waals surface area contributed by atoms with E-state index in [0.29, 0.717) is 18.1 Å². The minimum absolute atomic E-state index is 0.355. The quantitative estimate of drug-likeness (QED) is 0.885. The number of hydrogen-bond donors (Lipinski definition) is 1. The highest BCUT2D eigenvalue weighted by Crippen LogP contribution is 2.38. The molecule has 102 valence electrons. The minimum Gasteiger partial charge on any atom is -0.489 e. The minimum atomic E-state index is -0.990. The molecule has 1 heterocycles. The van der Waals surface area contributed by atoms with Crippen LogP contribution in [-0.4, -0.2) is 24.3 Å². The molecule has 4 heteroatoms. The van der Waals surface area contributed by atoms with Gasteiger partial charge in [0.2, 0.25) is 0 Å². The summed E-state index contributed by atoms with van der Waals surface area (Å²) in [5, 5.41) is 8.69. The van der Waals surface area contributed by atoms with Crippen LogP contribution in [0.15, 0.2) is 24.3 Å². The highest BCUT2D eigenvalue weighted by atomic mass is 16.5. The Bertz CT molecular complexity index is 491. The fourth-order valence-electron chi connectivity index (χ4n) is 2.18. The van der Waals surface area contributed by atoms with Crippen LogP contribution < -0.4 is 9.47 Å². The van der Waals surface area contributed by atoms with Crippen LogP contribution >= 0.6 is 0 Å². The van der Waals surface area contributed by atoms with Crippen molar-refractivity contribution in [2.24, 2.45) is 0 Å². The van der Waals surface area contributed by atoms with Crippen molar-refractivity contribution in [3.05, 3.63) is 29.8 Å². The maximum atomic E-state index is 10.6. The largest absolute Gasteiger partial charge is 0.489 e. The van der Waals surface area contributed by atoms with E-state index in [2.05, 4.69) is 13.0 Å². The van der Waals surface area contributed by atoms with Crippen LogP contribution in [0.1, 0.15) is 31.7 Å². The lowest BCUT2D eigenvalue weighted by atomic mass is 9.99. The number of para-hydroxylation sites is 1. The van der Waals surface area contributed by atoms with Crippen molar-refractivity contribution in [3.8, 4) is 11.5 Å². The smallest absolute Gasteiger partial charge is 0.341 e. The molecule has 0 bridgehead atoms. The summed E-state index contributed by atoms with van der Waals surface area (Å²) in [6, 6.07) is 5.61. The van der Waals surface area contributed by atoms with Gasteiger partial charge in [0.15, 0.2) is 18.1 Å². The number of allylic oxidation sites excluding steroid dienone is 1. The van der Waals surface area contributed by atoms with Crippen molar-refractivity contribution in [2.75, 3.05) is 13.2 Å². The van der Waals surface area contributed by atoms with Gasteiger partial charge < -0.3 is 14.6 Å². The number of ether oxygens (including phenoxy) is 2. The molecule has 0 atom stereocenters. The van der Waals surface area contributed by atoms with Crippen LogP contribution in [-0.2, 0) is 4.79 Å². The van der Waals surface area contributed by atoms with E-state index < -0.39 is 5.97 Å². The van der Waals surface area contributed by atoms with Crippen molar-refractivity contribution in [2.45, 2.75) is 26.2 Å². The molecule has 1 aliphatic rings. The average molecular weight is 262 g/mol. The molecule has 0 amide bonds. The van der Waals surface area contributed by atoms with Gasteiger partial charge in [0.05, 0.1) is 6.61 Å². The van der Waals surface area contributed by atoms with E-state index in [9.17, 15) is 4.79 Å². The zero-order chi connectivity index (χ0) is 13.7. The number of fused-ring (bicyclic) bond motifs is 1. The third-order valence-corrected chi connectivity index (χ3v) is 2.95. The number of benzene rings is 1. The second-order valence-corrected chi connectivity index (χ2v) is 4.43. The fraction of sp³-hybridized carbons (Fsp3) is 0.400. The molecule has 1 aromatic rings. The summed E-state index contributed by atoms with van der Waals surface area (Å²) in [6.45, 7) is 2.37. The highest BCUT2D eigenvalue weighted by Gasteiger charge is 2.17. The van der Waals surface area contributed by atoms with Gasteiger partial charge in [-0.1, -0.05) is 31.6 Å². The maximum Gasteiger partial charge on any atom is 0.341 e. The van der Waals surface area contributed by atoms with Gasteiger partial charge in [-0.2, -0.15) is 0 Å². The summed E-state index contributed by atoms with van der Waals surface area (Å²) in [7, 11) is 0. The number of hydrogen-bond acceptors (Lipinski definition) is 3. The molecule has 0 saturated heterocycles. The Hall–Kier alpha value is -1.97. The molecule has 0 aromatic heterocycles. The normalized spacial score (nSPS) is 13.8. The van der Waals surface area contributed by atoms with Crippen molar-refractivity contribution >= 4 is 11.5 Å². The Morgan fingerprint density at radius 2 is 2.32 bits per heavy atom. The topological polar surface area (TPSA) is 55.8 Å². The van der Waals surface area contributed by atoms with Gasteiger partial charge in [0, 0.05) is 12.0 Å². The molecule has 0 radical (unpaired) electrons. The van der Waals surface area contributed by atoms with E-state index in [0.717, 1.165) is 24.8 Å². The van der Waals surface area contributed by atoms with Crippen molar-refractivity contribution in [3.63, 3.8) is 0 Å². The summed E-state index contributed by atoms with van der Waals surface area (Å²) in [6.07, 6.45) is 5.10. The van der Waals surface area contributed by atoms with Gasteiger partial charge in [-0.3, -0.25) is 0 Å². The Labute approximate surface area is 112 Å². The summed E-state index contributed by atoms with van der Waals surface area (Å²) in [5.41, 5.74) is 2.26. The molecule has 0 spiro atoms. The first-order chi connectivity index (χ1) is 9.22. The second kappa shape index (κ2) is 6.27. The number of aliphatic carboxylic acids is 1. The fourth-order valence-corrected chi connectivity index (χ4v) is 2.18. The zero-order valence-corrected chi connectivity index (χ0v) is 11.0. The van der Waals surface area contributed by atoms with E-state index in [1.165, 1.54) is 5.57 Å². The summed E-state index contributed by atoms with van der Waals surface area (Å²) in [4.78, 5) is 10.6. The SMILES string of the molecule is CCCC1=CCCOc2c(OCC(=O)O)cccc21. The van der Waals surface area contributed by atoms with Crippen LogP contribution in [0, 0.1) is 0 Å². The van der Waals surface area contributed by atoms with Gasteiger partial charge in [-0.25, -0.2) is 4.79 Å². The lowest BCUT2D eigenvalue weighted by Crippen LogP contribution is -2.10. The van der Waals surface area contributed by atoms with Gasteiger partial charge in [-0.05, 0) is 18.1 Å². The molecule has 4 nitrogen and oxygen atoms in total. The van der Waals surface area contributed by atoms with Crippen LogP contribution in [0.3, 0.4) is 0 Å². The average Bonchev–Trinajstić information content (AvgIpc) is 2.60. The Kier molecular flexibility index (Phi) is 4.44. The third kappa shape index (κ3) is 3.28. The predicted octanol–water partition coefficient (Wildman–Crippen LogP) is 3.12. The van der Waals surface area contributed by atoms with E-state index in [1.54, 1.807) is 6.07 Å². The molecule has 1 N–H and O–H groups in total.